The Labute approximate surface area is 101 Å². The molecule has 84 valence electrons. The Hall–Kier alpha value is -0.340. The molecule has 0 aliphatic carbocycles. The van der Waals surface area contributed by atoms with Gasteiger partial charge >= 0.3 is 0 Å². The van der Waals surface area contributed by atoms with Gasteiger partial charge in [0.25, 0.3) is 0 Å². The first-order valence-electron chi connectivity index (χ1n) is 5.62. The fraction of sp³-hybridized carbons (Fsp3) is 0.538. The molecule has 1 aromatic rings. The summed E-state index contributed by atoms with van der Waals surface area (Å²) in [4.78, 5) is 0. The lowest BCUT2D eigenvalue weighted by atomic mass is 9.95. The normalized spacial score (nSPS) is 14.9. The van der Waals surface area contributed by atoms with Crippen molar-refractivity contribution in [3.8, 4) is 0 Å². The molecule has 0 saturated heterocycles. The summed E-state index contributed by atoms with van der Waals surface area (Å²) in [6.45, 7) is 7.75. The number of benzene rings is 1. The Morgan fingerprint density at radius 1 is 1.27 bits per heavy atom. The number of rotatable bonds is 5. The first-order chi connectivity index (χ1) is 7.15. The molecule has 0 spiro atoms. The molecule has 2 heteroatoms. The highest BCUT2D eigenvalue weighted by Crippen LogP contribution is 2.20. The molecule has 2 unspecified atom stereocenters. The summed E-state index contributed by atoms with van der Waals surface area (Å²) in [5.41, 5.74) is 1.40. The highest BCUT2D eigenvalue weighted by atomic mass is 79.9. The van der Waals surface area contributed by atoms with Crippen LogP contribution in [0.25, 0.3) is 0 Å². The van der Waals surface area contributed by atoms with Crippen molar-refractivity contribution in [2.24, 2.45) is 5.92 Å². The van der Waals surface area contributed by atoms with Crippen molar-refractivity contribution in [3.05, 3.63) is 34.3 Å². The van der Waals surface area contributed by atoms with E-state index >= 15 is 0 Å². The average molecular weight is 270 g/mol. The minimum Gasteiger partial charge on any atom is -0.314 e. The Bertz CT molecular complexity index is 298. The molecule has 0 aliphatic heterocycles. The second-order valence-corrected chi connectivity index (χ2v) is 4.97. The van der Waals surface area contributed by atoms with Gasteiger partial charge in [-0.1, -0.05) is 48.0 Å². The van der Waals surface area contributed by atoms with Gasteiger partial charge in [0.2, 0.25) is 0 Å². The molecule has 0 aromatic heterocycles. The molecular formula is C13H20BrN. The lowest BCUT2D eigenvalue weighted by Gasteiger charge is -2.21. The third-order valence-electron chi connectivity index (χ3n) is 2.88. The fourth-order valence-electron chi connectivity index (χ4n) is 1.71. The van der Waals surface area contributed by atoms with Gasteiger partial charge in [0, 0.05) is 10.5 Å². The minimum atomic E-state index is 0.571. The van der Waals surface area contributed by atoms with Gasteiger partial charge in [0.1, 0.15) is 0 Å². The fourth-order valence-corrected chi connectivity index (χ4v) is 2.16. The molecule has 1 aromatic carbocycles. The topological polar surface area (TPSA) is 12.0 Å². The maximum Gasteiger partial charge on any atom is 0.0207 e. The lowest BCUT2D eigenvalue weighted by molar-refractivity contribution is 0.406. The molecule has 0 heterocycles. The third kappa shape index (κ3) is 3.96. The van der Waals surface area contributed by atoms with E-state index in [-0.39, 0.29) is 0 Å². The summed E-state index contributed by atoms with van der Waals surface area (Å²) in [5, 5.41) is 3.47. The molecular weight excluding hydrogens is 250 g/mol. The predicted octanol–water partition coefficient (Wildman–Crippen LogP) is 3.63. The molecule has 1 nitrogen and oxygen atoms in total. The second kappa shape index (κ2) is 6.29. The Kier molecular flexibility index (Phi) is 5.34. The molecule has 0 saturated carbocycles. The van der Waals surface area contributed by atoms with Crippen LogP contribution in [-0.2, 0) is 6.42 Å². The Balaban J connectivity index is 2.58. The summed E-state index contributed by atoms with van der Waals surface area (Å²) >= 11 is 3.59. The van der Waals surface area contributed by atoms with Crippen LogP contribution in [0.15, 0.2) is 28.7 Å². The zero-order valence-corrected chi connectivity index (χ0v) is 11.3. The minimum absolute atomic E-state index is 0.571. The van der Waals surface area contributed by atoms with Crippen molar-refractivity contribution in [1.82, 2.24) is 5.32 Å². The van der Waals surface area contributed by atoms with Gasteiger partial charge in [0.15, 0.2) is 0 Å². The lowest BCUT2D eigenvalue weighted by Crippen LogP contribution is -2.32. The predicted molar refractivity (Wildman–Crippen MR) is 70.1 cm³/mol. The van der Waals surface area contributed by atoms with Crippen LogP contribution in [0.4, 0.5) is 0 Å². The van der Waals surface area contributed by atoms with Gasteiger partial charge in [0.05, 0.1) is 0 Å². The molecule has 2 atom stereocenters. The van der Waals surface area contributed by atoms with Crippen molar-refractivity contribution >= 4 is 15.9 Å². The van der Waals surface area contributed by atoms with Crippen molar-refractivity contribution in [2.75, 3.05) is 6.54 Å². The second-order valence-electron chi connectivity index (χ2n) is 4.12. The standard InChI is InChI=1S/C13H20BrN/c1-4-15-11(3)10(2)9-12-7-5-6-8-13(12)14/h5-8,10-11,15H,4,9H2,1-3H3. The van der Waals surface area contributed by atoms with Crippen molar-refractivity contribution in [3.63, 3.8) is 0 Å². The quantitative estimate of drug-likeness (QED) is 0.861. The number of hydrogen-bond donors (Lipinski definition) is 1. The summed E-state index contributed by atoms with van der Waals surface area (Å²) in [6, 6.07) is 9.04. The largest absolute Gasteiger partial charge is 0.314 e. The molecule has 0 amide bonds. The summed E-state index contributed by atoms with van der Waals surface area (Å²) in [7, 11) is 0. The van der Waals surface area contributed by atoms with Gasteiger partial charge in [-0.15, -0.1) is 0 Å². The van der Waals surface area contributed by atoms with Crippen LogP contribution in [0.3, 0.4) is 0 Å². The van der Waals surface area contributed by atoms with Crippen LogP contribution < -0.4 is 5.32 Å². The van der Waals surface area contributed by atoms with Gasteiger partial charge in [-0.25, -0.2) is 0 Å². The van der Waals surface area contributed by atoms with E-state index in [9.17, 15) is 0 Å². The van der Waals surface area contributed by atoms with E-state index in [1.165, 1.54) is 10.0 Å². The highest BCUT2D eigenvalue weighted by molar-refractivity contribution is 9.10. The van der Waals surface area contributed by atoms with Gasteiger partial charge < -0.3 is 5.32 Å². The first-order valence-corrected chi connectivity index (χ1v) is 6.41. The summed E-state index contributed by atoms with van der Waals surface area (Å²) < 4.78 is 1.22. The number of hydrogen-bond acceptors (Lipinski definition) is 1. The van der Waals surface area contributed by atoms with Crippen LogP contribution >= 0.6 is 15.9 Å². The smallest absolute Gasteiger partial charge is 0.0207 e. The van der Waals surface area contributed by atoms with E-state index in [2.05, 4.69) is 66.3 Å². The van der Waals surface area contributed by atoms with E-state index in [4.69, 9.17) is 0 Å². The van der Waals surface area contributed by atoms with Crippen molar-refractivity contribution in [2.45, 2.75) is 33.2 Å². The highest BCUT2D eigenvalue weighted by Gasteiger charge is 2.12. The van der Waals surface area contributed by atoms with Crippen LogP contribution in [-0.4, -0.2) is 12.6 Å². The number of nitrogens with one attached hydrogen (secondary N) is 1. The van der Waals surface area contributed by atoms with Crippen LogP contribution in [0, 0.1) is 5.92 Å². The van der Waals surface area contributed by atoms with E-state index in [1.54, 1.807) is 0 Å². The van der Waals surface area contributed by atoms with Gasteiger partial charge in [-0.3, -0.25) is 0 Å². The zero-order chi connectivity index (χ0) is 11.3. The zero-order valence-electron chi connectivity index (χ0n) is 9.76. The molecule has 0 bridgehead atoms. The van der Waals surface area contributed by atoms with E-state index in [0.717, 1.165) is 13.0 Å². The number of halogens is 1. The van der Waals surface area contributed by atoms with E-state index < -0.39 is 0 Å². The van der Waals surface area contributed by atoms with E-state index in [0.29, 0.717) is 12.0 Å². The van der Waals surface area contributed by atoms with Crippen LogP contribution in [0.1, 0.15) is 26.3 Å². The third-order valence-corrected chi connectivity index (χ3v) is 3.65. The first kappa shape index (κ1) is 12.7. The van der Waals surface area contributed by atoms with Crippen LogP contribution in [0.2, 0.25) is 0 Å². The molecule has 0 radical (unpaired) electrons. The Morgan fingerprint density at radius 2 is 1.93 bits per heavy atom. The van der Waals surface area contributed by atoms with Crippen molar-refractivity contribution in [1.29, 1.82) is 0 Å². The SMILES string of the molecule is CCNC(C)C(C)Cc1ccccc1Br. The average Bonchev–Trinajstić information content (AvgIpc) is 2.21. The molecule has 0 aliphatic rings. The van der Waals surface area contributed by atoms with Gasteiger partial charge in [-0.05, 0) is 37.4 Å². The molecule has 1 N–H and O–H groups in total. The van der Waals surface area contributed by atoms with Crippen LogP contribution in [0.5, 0.6) is 0 Å². The monoisotopic (exact) mass is 269 g/mol. The summed E-state index contributed by atoms with van der Waals surface area (Å²) in [6.07, 6.45) is 1.12. The maximum absolute atomic E-state index is 3.59. The summed E-state index contributed by atoms with van der Waals surface area (Å²) in [5.74, 6) is 0.656. The molecule has 0 fully saturated rings. The van der Waals surface area contributed by atoms with Gasteiger partial charge in [-0.2, -0.15) is 0 Å². The van der Waals surface area contributed by atoms with Crippen molar-refractivity contribution < 1.29 is 0 Å². The molecule has 15 heavy (non-hydrogen) atoms. The molecule has 1 rings (SSSR count). The maximum atomic E-state index is 3.59. The Morgan fingerprint density at radius 3 is 2.53 bits per heavy atom. The van der Waals surface area contributed by atoms with E-state index in [1.807, 2.05) is 0 Å².